The molecule has 0 spiro atoms. The van der Waals surface area contributed by atoms with E-state index < -0.39 is 17.5 Å². The normalized spacial score (nSPS) is 10.6. The monoisotopic (exact) mass is 339 g/mol. The minimum atomic E-state index is -0.849. The second-order valence-corrected chi connectivity index (χ2v) is 5.61. The first-order chi connectivity index (χ1) is 10.9. The molecule has 0 radical (unpaired) electrons. The molecule has 0 aliphatic heterocycles. The number of hydrogen-bond donors (Lipinski definition) is 2. The Kier molecular flexibility index (Phi) is 5.49. The summed E-state index contributed by atoms with van der Waals surface area (Å²) >= 11 is 1.32. The van der Waals surface area contributed by atoms with Crippen molar-refractivity contribution in [1.29, 1.82) is 0 Å². The molecule has 0 aliphatic carbocycles. The number of hydrogen-bond acceptors (Lipinski definition) is 4. The molecule has 122 valence electrons. The van der Waals surface area contributed by atoms with Crippen LogP contribution < -0.4 is 10.9 Å². The largest absolute Gasteiger partial charge is 0.324 e. The van der Waals surface area contributed by atoms with Crippen LogP contribution in [0.5, 0.6) is 0 Å². The molecule has 2 rings (SSSR count). The van der Waals surface area contributed by atoms with E-state index in [4.69, 9.17) is 0 Å². The van der Waals surface area contributed by atoms with E-state index in [1.165, 1.54) is 11.8 Å². The van der Waals surface area contributed by atoms with Crippen LogP contribution in [0.15, 0.2) is 28.2 Å². The van der Waals surface area contributed by atoms with Crippen LogP contribution in [0.1, 0.15) is 17.7 Å². The van der Waals surface area contributed by atoms with Crippen molar-refractivity contribution in [3.63, 3.8) is 0 Å². The van der Waals surface area contributed by atoms with E-state index in [1.54, 1.807) is 13.2 Å². The molecule has 8 heteroatoms. The maximum Gasteiger partial charge on any atom is 0.254 e. The fourth-order valence-corrected chi connectivity index (χ4v) is 2.44. The number of aryl methyl sites for hydroxylation is 1. The Balaban J connectivity index is 2.03. The third-order valence-corrected chi connectivity index (χ3v) is 3.78. The summed E-state index contributed by atoms with van der Waals surface area (Å²) in [6, 6.07) is 2.89. The van der Waals surface area contributed by atoms with Crippen molar-refractivity contribution < 1.29 is 13.6 Å². The fraction of sp³-hybridized carbons (Fsp3) is 0.267. The van der Waals surface area contributed by atoms with Gasteiger partial charge < -0.3 is 10.3 Å². The molecule has 1 heterocycles. The number of nitrogens with one attached hydrogen (secondary N) is 2. The number of benzene rings is 1. The Morgan fingerprint density at radius 3 is 2.74 bits per heavy atom. The average Bonchev–Trinajstić information content (AvgIpc) is 2.49. The molecule has 5 nitrogen and oxygen atoms in total. The molecule has 0 saturated carbocycles. The highest BCUT2D eigenvalue weighted by atomic mass is 32.2. The molecule has 23 heavy (non-hydrogen) atoms. The number of carbonyl (C=O) groups is 1. The Morgan fingerprint density at radius 2 is 2.13 bits per heavy atom. The van der Waals surface area contributed by atoms with Crippen LogP contribution in [-0.2, 0) is 11.2 Å². The highest BCUT2D eigenvalue weighted by Gasteiger charge is 2.12. The highest BCUT2D eigenvalue weighted by molar-refractivity contribution is 7.98. The number of thioether (sulfide) groups is 1. The van der Waals surface area contributed by atoms with Gasteiger partial charge in [0, 0.05) is 23.7 Å². The van der Waals surface area contributed by atoms with Crippen molar-refractivity contribution >= 4 is 23.4 Å². The van der Waals surface area contributed by atoms with Gasteiger partial charge in [-0.25, -0.2) is 13.8 Å². The summed E-state index contributed by atoms with van der Waals surface area (Å²) in [5, 5.41) is 2.86. The number of anilines is 1. The molecular weight excluding hydrogens is 324 g/mol. The summed E-state index contributed by atoms with van der Waals surface area (Å²) in [6.07, 6.45) is 1.96. The van der Waals surface area contributed by atoms with Gasteiger partial charge in [-0.2, -0.15) is 0 Å². The molecule has 0 aliphatic rings. The smallest absolute Gasteiger partial charge is 0.254 e. The van der Waals surface area contributed by atoms with Crippen LogP contribution in [0.25, 0.3) is 0 Å². The van der Waals surface area contributed by atoms with Gasteiger partial charge in [0.05, 0.1) is 5.69 Å². The number of carbonyl (C=O) groups excluding carboxylic acids is 1. The molecule has 0 saturated heterocycles. The molecule has 1 aromatic heterocycles. The van der Waals surface area contributed by atoms with Crippen LogP contribution >= 0.6 is 11.8 Å². The second-order valence-electron chi connectivity index (χ2n) is 4.81. The Hall–Kier alpha value is -2.22. The van der Waals surface area contributed by atoms with E-state index in [0.29, 0.717) is 22.5 Å². The van der Waals surface area contributed by atoms with E-state index in [-0.39, 0.29) is 24.1 Å². The lowest BCUT2D eigenvalue weighted by Gasteiger charge is -2.08. The zero-order valence-corrected chi connectivity index (χ0v) is 13.4. The zero-order chi connectivity index (χ0) is 17.0. The lowest BCUT2D eigenvalue weighted by atomic mass is 10.1. The summed E-state index contributed by atoms with van der Waals surface area (Å²) in [6.45, 7) is 1.70. The van der Waals surface area contributed by atoms with Crippen LogP contribution in [0.2, 0.25) is 0 Å². The van der Waals surface area contributed by atoms with Crippen LogP contribution in [0, 0.1) is 18.6 Å². The Labute approximate surface area is 135 Å². The summed E-state index contributed by atoms with van der Waals surface area (Å²) in [4.78, 5) is 30.6. The van der Waals surface area contributed by atoms with Crippen molar-refractivity contribution in [3.8, 4) is 0 Å². The Morgan fingerprint density at radius 1 is 1.39 bits per heavy atom. The molecule has 0 fully saturated rings. The number of amides is 1. The Bertz CT molecular complexity index is 793. The summed E-state index contributed by atoms with van der Waals surface area (Å²) in [5.74, 6) is -2.04. The van der Waals surface area contributed by atoms with Crippen molar-refractivity contribution in [2.24, 2.45) is 0 Å². The standard InChI is InChI=1S/C15H15F2N3O2S/c1-8-10(14(22)20-15(18-8)23-2)4-6-13(21)19-12-5-3-9(16)7-11(12)17/h3,5,7H,4,6H2,1-2H3,(H,19,21)(H,18,20,22). The van der Waals surface area contributed by atoms with Gasteiger partial charge in [-0.05, 0) is 31.7 Å². The first-order valence-electron chi connectivity index (χ1n) is 6.79. The number of halogens is 2. The third-order valence-electron chi connectivity index (χ3n) is 3.20. The van der Waals surface area contributed by atoms with E-state index in [0.717, 1.165) is 12.1 Å². The van der Waals surface area contributed by atoms with Gasteiger partial charge in [0.1, 0.15) is 11.6 Å². The minimum absolute atomic E-state index is 0.0129. The third kappa shape index (κ3) is 4.38. The van der Waals surface area contributed by atoms with E-state index in [2.05, 4.69) is 15.3 Å². The van der Waals surface area contributed by atoms with Crippen molar-refractivity contribution in [1.82, 2.24) is 9.97 Å². The number of rotatable bonds is 5. The number of H-pyrrole nitrogens is 1. The van der Waals surface area contributed by atoms with Gasteiger partial charge >= 0.3 is 0 Å². The first-order valence-corrected chi connectivity index (χ1v) is 8.02. The first kappa shape index (κ1) is 17.1. The maximum atomic E-state index is 13.5. The SMILES string of the molecule is CSc1nc(C)c(CCC(=O)Nc2ccc(F)cc2F)c(=O)[nH]1. The molecule has 2 N–H and O–H groups in total. The van der Waals surface area contributed by atoms with Gasteiger partial charge in [0.25, 0.3) is 5.56 Å². The summed E-state index contributed by atoms with van der Waals surface area (Å²) in [7, 11) is 0. The summed E-state index contributed by atoms with van der Waals surface area (Å²) < 4.78 is 26.3. The van der Waals surface area contributed by atoms with Crippen molar-refractivity contribution in [2.75, 3.05) is 11.6 Å². The van der Waals surface area contributed by atoms with Crippen molar-refractivity contribution in [2.45, 2.75) is 24.9 Å². The zero-order valence-electron chi connectivity index (χ0n) is 12.6. The molecular formula is C15H15F2N3O2S. The van der Waals surface area contributed by atoms with Gasteiger partial charge in [-0.15, -0.1) is 0 Å². The minimum Gasteiger partial charge on any atom is -0.324 e. The lowest BCUT2D eigenvalue weighted by molar-refractivity contribution is -0.116. The molecule has 2 aromatic rings. The van der Waals surface area contributed by atoms with Gasteiger partial charge in [0.15, 0.2) is 5.16 Å². The molecule has 1 amide bonds. The highest BCUT2D eigenvalue weighted by Crippen LogP contribution is 2.15. The van der Waals surface area contributed by atoms with E-state index in [1.807, 2.05) is 0 Å². The average molecular weight is 339 g/mol. The molecule has 0 unspecified atom stereocenters. The van der Waals surface area contributed by atoms with Gasteiger partial charge in [0.2, 0.25) is 5.91 Å². The molecule has 0 bridgehead atoms. The number of aromatic nitrogens is 2. The quantitative estimate of drug-likeness (QED) is 0.649. The predicted octanol–water partition coefficient (Wildman–Crippen LogP) is 2.65. The van der Waals surface area contributed by atoms with Crippen molar-refractivity contribution in [3.05, 3.63) is 51.4 Å². The fourth-order valence-electron chi connectivity index (χ4n) is 2.02. The van der Waals surface area contributed by atoms with Gasteiger partial charge in [-0.3, -0.25) is 9.59 Å². The number of nitrogens with zero attached hydrogens (tertiary/aromatic N) is 1. The molecule has 1 aromatic carbocycles. The second kappa shape index (κ2) is 7.36. The maximum absolute atomic E-state index is 13.5. The topological polar surface area (TPSA) is 74.8 Å². The number of aromatic amines is 1. The molecule has 0 atom stereocenters. The lowest BCUT2D eigenvalue weighted by Crippen LogP contribution is -2.20. The summed E-state index contributed by atoms with van der Waals surface area (Å²) in [5.41, 5.74) is 0.580. The van der Waals surface area contributed by atoms with Gasteiger partial charge in [-0.1, -0.05) is 11.8 Å². The van der Waals surface area contributed by atoms with E-state index >= 15 is 0 Å². The van der Waals surface area contributed by atoms with Crippen LogP contribution in [0.3, 0.4) is 0 Å². The van der Waals surface area contributed by atoms with Crippen LogP contribution in [0.4, 0.5) is 14.5 Å². The van der Waals surface area contributed by atoms with Crippen LogP contribution in [-0.4, -0.2) is 22.1 Å². The predicted molar refractivity (Wildman–Crippen MR) is 84.7 cm³/mol. The van der Waals surface area contributed by atoms with E-state index in [9.17, 15) is 18.4 Å².